The Morgan fingerprint density at radius 2 is 1.87 bits per heavy atom. The molecular weight excluding hydrogens is 335 g/mol. The highest BCUT2D eigenvalue weighted by Crippen LogP contribution is 2.32. The van der Waals surface area contributed by atoms with Crippen LogP contribution in [0.3, 0.4) is 0 Å². The molecule has 0 radical (unpaired) electrons. The molecular formula is C17H14Cl2N2O2. The monoisotopic (exact) mass is 348 g/mol. The van der Waals surface area contributed by atoms with Crippen molar-refractivity contribution in [3.05, 3.63) is 58.1 Å². The quantitative estimate of drug-likeness (QED) is 0.851. The maximum absolute atomic E-state index is 12.6. The van der Waals surface area contributed by atoms with E-state index in [1.807, 2.05) is 25.1 Å². The normalized spacial score (nSPS) is 17.7. The first-order valence-corrected chi connectivity index (χ1v) is 7.87. The summed E-state index contributed by atoms with van der Waals surface area (Å²) >= 11 is 12.1. The number of benzene rings is 2. The molecule has 1 aliphatic rings. The molecule has 2 aromatic rings. The number of nitrogens with zero attached hydrogens (tertiary/aromatic N) is 1. The molecule has 118 valence electrons. The molecule has 6 heteroatoms. The molecule has 0 aliphatic carbocycles. The molecule has 2 amide bonds. The minimum atomic E-state index is -0.654. The first-order valence-electron chi connectivity index (χ1n) is 7.11. The van der Waals surface area contributed by atoms with Crippen LogP contribution in [0.4, 0.5) is 11.4 Å². The van der Waals surface area contributed by atoms with Crippen molar-refractivity contribution in [3.8, 4) is 0 Å². The molecule has 0 saturated carbocycles. The van der Waals surface area contributed by atoms with E-state index in [2.05, 4.69) is 5.32 Å². The van der Waals surface area contributed by atoms with Gasteiger partial charge in [0.05, 0.1) is 27.8 Å². The van der Waals surface area contributed by atoms with Gasteiger partial charge in [-0.15, -0.1) is 0 Å². The van der Waals surface area contributed by atoms with E-state index in [1.54, 1.807) is 24.3 Å². The van der Waals surface area contributed by atoms with Gasteiger partial charge in [-0.05, 0) is 36.8 Å². The van der Waals surface area contributed by atoms with Gasteiger partial charge in [-0.25, -0.2) is 4.90 Å². The molecule has 3 rings (SSSR count). The first kappa shape index (κ1) is 15.8. The van der Waals surface area contributed by atoms with E-state index in [9.17, 15) is 9.59 Å². The van der Waals surface area contributed by atoms with Crippen LogP contribution in [-0.2, 0) is 9.59 Å². The predicted molar refractivity (Wildman–Crippen MR) is 92.2 cm³/mol. The number of imide groups is 1. The van der Waals surface area contributed by atoms with E-state index in [0.29, 0.717) is 21.4 Å². The van der Waals surface area contributed by atoms with E-state index in [4.69, 9.17) is 23.2 Å². The number of hydrogen-bond donors (Lipinski definition) is 1. The third-order valence-electron chi connectivity index (χ3n) is 3.69. The van der Waals surface area contributed by atoms with Gasteiger partial charge in [0, 0.05) is 0 Å². The van der Waals surface area contributed by atoms with Crippen molar-refractivity contribution in [3.63, 3.8) is 0 Å². The lowest BCUT2D eigenvalue weighted by molar-refractivity contribution is -0.121. The highest BCUT2D eigenvalue weighted by Gasteiger charge is 2.39. The molecule has 1 fully saturated rings. The van der Waals surface area contributed by atoms with Crippen molar-refractivity contribution in [2.24, 2.45) is 0 Å². The molecule has 4 nitrogen and oxygen atoms in total. The second-order valence-corrected chi connectivity index (χ2v) is 6.19. The van der Waals surface area contributed by atoms with Crippen molar-refractivity contribution in [2.45, 2.75) is 19.4 Å². The largest absolute Gasteiger partial charge is 0.372 e. The van der Waals surface area contributed by atoms with Gasteiger partial charge in [-0.1, -0.05) is 41.4 Å². The summed E-state index contributed by atoms with van der Waals surface area (Å²) in [6, 6.07) is 11.8. The van der Waals surface area contributed by atoms with Gasteiger partial charge in [0.25, 0.3) is 5.91 Å². The highest BCUT2D eigenvalue weighted by molar-refractivity contribution is 6.43. The van der Waals surface area contributed by atoms with Crippen LogP contribution in [0, 0.1) is 6.92 Å². The third-order valence-corrected chi connectivity index (χ3v) is 4.51. The number of carbonyl (C=O) groups is 2. The van der Waals surface area contributed by atoms with Crippen LogP contribution in [0.2, 0.25) is 10.0 Å². The molecule has 2 aromatic carbocycles. The highest BCUT2D eigenvalue weighted by atomic mass is 35.5. The zero-order valence-electron chi connectivity index (χ0n) is 12.3. The number of nitrogens with one attached hydrogen (secondary N) is 1. The Balaban J connectivity index is 1.85. The van der Waals surface area contributed by atoms with Crippen molar-refractivity contribution in [1.82, 2.24) is 0 Å². The van der Waals surface area contributed by atoms with Crippen LogP contribution in [-0.4, -0.2) is 17.9 Å². The van der Waals surface area contributed by atoms with Gasteiger partial charge in [-0.3, -0.25) is 9.59 Å². The number of amides is 2. The Kier molecular flexibility index (Phi) is 4.28. The van der Waals surface area contributed by atoms with Crippen molar-refractivity contribution in [1.29, 1.82) is 0 Å². The van der Waals surface area contributed by atoms with Gasteiger partial charge < -0.3 is 5.32 Å². The topological polar surface area (TPSA) is 49.4 Å². The number of aryl methyl sites for hydroxylation is 1. The van der Waals surface area contributed by atoms with Gasteiger partial charge in [-0.2, -0.15) is 0 Å². The van der Waals surface area contributed by atoms with Crippen LogP contribution >= 0.6 is 23.2 Å². The molecule has 1 atom stereocenters. The molecule has 0 unspecified atom stereocenters. The lowest BCUT2D eigenvalue weighted by atomic mass is 10.2. The fraction of sp³-hybridized carbons (Fsp3) is 0.176. The van der Waals surface area contributed by atoms with Gasteiger partial charge >= 0.3 is 0 Å². The van der Waals surface area contributed by atoms with Gasteiger partial charge in [0.1, 0.15) is 6.04 Å². The lowest BCUT2D eigenvalue weighted by Gasteiger charge is -2.17. The number of anilines is 2. The van der Waals surface area contributed by atoms with Crippen molar-refractivity contribution in [2.75, 3.05) is 10.2 Å². The molecule has 0 bridgehead atoms. The van der Waals surface area contributed by atoms with Crippen LogP contribution < -0.4 is 10.2 Å². The Labute approximate surface area is 144 Å². The fourth-order valence-corrected chi connectivity index (χ4v) is 2.94. The molecule has 1 heterocycles. The molecule has 23 heavy (non-hydrogen) atoms. The summed E-state index contributed by atoms with van der Waals surface area (Å²) in [5, 5.41) is 3.75. The maximum Gasteiger partial charge on any atom is 0.256 e. The summed E-state index contributed by atoms with van der Waals surface area (Å²) in [7, 11) is 0. The van der Waals surface area contributed by atoms with E-state index in [1.165, 1.54) is 4.90 Å². The second-order valence-electron chi connectivity index (χ2n) is 5.41. The molecule has 1 N–H and O–H groups in total. The summed E-state index contributed by atoms with van der Waals surface area (Å²) in [6.07, 6.45) is 0.0790. The summed E-state index contributed by atoms with van der Waals surface area (Å²) in [6.45, 7) is 1.91. The number of hydrogen-bond acceptors (Lipinski definition) is 3. The van der Waals surface area contributed by atoms with Crippen LogP contribution in [0.25, 0.3) is 0 Å². The van der Waals surface area contributed by atoms with E-state index < -0.39 is 6.04 Å². The maximum atomic E-state index is 12.6. The van der Waals surface area contributed by atoms with E-state index in [0.717, 1.165) is 5.56 Å². The SMILES string of the molecule is Cc1cccc(N2C(=O)C[C@H](Nc3cccc(Cl)c3Cl)C2=O)c1. The van der Waals surface area contributed by atoms with E-state index in [-0.39, 0.29) is 18.2 Å². The zero-order valence-corrected chi connectivity index (χ0v) is 13.9. The smallest absolute Gasteiger partial charge is 0.256 e. The molecule has 0 aromatic heterocycles. The van der Waals surface area contributed by atoms with Gasteiger partial charge in [0.15, 0.2) is 0 Å². The number of rotatable bonds is 3. The van der Waals surface area contributed by atoms with Crippen LogP contribution in [0.1, 0.15) is 12.0 Å². The average molecular weight is 349 g/mol. The summed E-state index contributed by atoms with van der Waals surface area (Å²) < 4.78 is 0. The fourth-order valence-electron chi connectivity index (χ4n) is 2.59. The third kappa shape index (κ3) is 3.05. The van der Waals surface area contributed by atoms with Crippen molar-refractivity contribution < 1.29 is 9.59 Å². The number of carbonyl (C=O) groups excluding carboxylic acids is 2. The summed E-state index contributed by atoms with van der Waals surface area (Å²) in [5.74, 6) is -0.534. The minimum absolute atomic E-state index is 0.0790. The minimum Gasteiger partial charge on any atom is -0.372 e. The van der Waals surface area contributed by atoms with Crippen LogP contribution in [0.15, 0.2) is 42.5 Å². The van der Waals surface area contributed by atoms with E-state index >= 15 is 0 Å². The zero-order chi connectivity index (χ0) is 16.6. The van der Waals surface area contributed by atoms with Gasteiger partial charge in [0.2, 0.25) is 5.91 Å². The Hall–Kier alpha value is -2.04. The van der Waals surface area contributed by atoms with Crippen LogP contribution in [0.5, 0.6) is 0 Å². The Bertz CT molecular complexity index is 792. The second kappa shape index (κ2) is 6.22. The summed E-state index contributed by atoms with van der Waals surface area (Å²) in [4.78, 5) is 26.1. The molecule has 1 saturated heterocycles. The predicted octanol–water partition coefficient (Wildman–Crippen LogP) is 4.05. The standard InChI is InChI=1S/C17H14Cl2N2O2/c1-10-4-2-5-11(8-10)21-15(22)9-14(17(21)23)20-13-7-3-6-12(18)16(13)19/h2-8,14,20H,9H2,1H3/t14-/m0/s1. The molecule has 0 spiro atoms. The summed E-state index contributed by atoms with van der Waals surface area (Å²) in [5.41, 5.74) is 2.11. The Morgan fingerprint density at radius 3 is 2.61 bits per heavy atom. The molecule has 1 aliphatic heterocycles. The number of halogens is 2. The Morgan fingerprint density at radius 1 is 1.13 bits per heavy atom. The average Bonchev–Trinajstić information content (AvgIpc) is 2.78. The first-order chi connectivity index (χ1) is 11.0. The van der Waals surface area contributed by atoms with Crippen molar-refractivity contribution >= 4 is 46.4 Å². The lowest BCUT2D eigenvalue weighted by Crippen LogP contribution is -2.34.